The first-order chi connectivity index (χ1) is 9.72. The Hall–Kier alpha value is -2.08. The van der Waals surface area contributed by atoms with Crippen LogP contribution in [0.2, 0.25) is 0 Å². The summed E-state index contributed by atoms with van der Waals surface area (Å²) in [4.78, 5) is 8.45. The molecule has 1 aromatic carbocycles. The maximum absolute atomic E-state index is 12.9. The highest BCUT2D eigenvalue weighted by molar-refractivity contribution is 7.98. The average Bonchev–Trinajstić information content (AvgIpc) is 3.06. The molecule has 0 N–H and O–H groups in total. The normalized spacial score (nSPS) is 10.9. The molecular formula is C14H12FN3OS. The molecule has 0 aliphatic heterocycles. The van der Waals surface area contributed by atoms with E-state index in [9.17, 15) is 4.39 Å². The van der Waals surface area contributed by atoms with Crippen LogP contribution in [0.1, 0.15) is 5.82 Å². The third kappa shape index (κ3) is 2.75. The van der Waals surface area contributed by atoms with E-state index in [-0.39, 0.29) is 5.82 Å². The van der Waals surface area contributed by atoms with Gasteiger partial charge in [-0.05, 0) is 24.3 Å². The summed E-state index contributed by atoms with van der Waals surface area (Å²) < 4.78 is 20.5. The number of hydrogen-bond acceptors (Lipinski definition) is 4. The van der Waals surface area contributed by atoms with Crippen LogP contribution in [-0.2, 0) is 12.8 Å². The molecule has 2 aromatic heterocycles. The largest absolute Gasteiger partial charge is 0.431 e. The Morgan fingerprint density at radius 2 is 2.05 bits per heavy atom. The lowest BCUT2D eigenvalue weighted by Gasteiger charge is -1.98. The molecule has 3 aromatic rings. The smallest absolute Gasteiger partial charge is 0.256 e. The van der Waals surface area contributed by atoms with E-state index in [0.29, 0.717) is 16.7 Å². The lowest BCUT2D eigenvalue weighted by atomic mass is 10.2. The van der Waals surface area contributed by atoms with Crippen LogP contribution >= 0.6 is 11.8 Å². The van der Waals surface area contributed by atoms with Crippen molar-refractivity contribution in [3.8, 4) is 11.3 Å². The van der Waals surface area contributed by atoms with Crippen molar-refractivity contribution in [3.63, 3.8) is 0 Å². The first-order valence-corrected chi connectivity index (χ1v) is 7.02. The number of thioether (sulfide) groups is 1. The molecule has 0 radical (unpaired) electrons. The monoisotopic (exact) mass is 289 g/mol. The van der Waals surface area contributed by atoms with Crippen LogP contribution in [0.25, 0.3) is 11.3 Å². The van der Waals surface area contributed by atoms with Crippen molar-refractivity contribution in [2.24, 2.45) is 7.05 Å². The fourth-order valence-corrected chi connectivity index (χ4v) is 2.54. The van der Waals surface area contributed by atoms with Crippen LogP contribution in [-0.4, -0.2) is 14.5 Å². The standard InChI is InChI=1S/C14H12FN3OS/c1-18-7-6-16-13(18)9-20-14-17-8-12(19-14)10-2-4-11(15)5-3-10/h2-8H,9H2,1H3. The van der Waals surface area contributed by atoms with E-state index in [1.54, 1.807) is 24.5 Å². The van der Waals surface area contributed by atoms with Gasteiger partial charge in [-0.25, -0.2) is 14.4 Å². The summed E-state index contributed by atoms with van der Waals surface area (Å²) in [6, 6.07) is 6.14. The maximum Gasteiger partial charge on any atom is 0.256 e. The van der Waals surface area contributed by atoms with Gasteiger partial charge in [-0.15, -0.1) is 0 Å². The number of benzene rings is 1. The molecule has 0 bridgehead atoms. The van der Waals surface area contributed by atoms with Gasteiger partial charge < -0.3 is 8.98 Å². The van der Waals surface area contributed by atoms with E-state index in [1.807, 2.05) is 17.8 Å². The summed E-state index contributed by atoms with van der Waals surface area (Å²) >= 11 is 1.48. The van der Waals surface area contributed by atoms with Crippen molar-refractivity contribution in [3.05, 3.63) is 54.5 Å². The number of oxazole rings is 1. The van der Waals surface area contributed by atoms with Crippen molar-refractivity contribution < 1.29 is 8.81 Å². The molecule has 0 amide bonds. The number of rotatable bonds is 4. The van der Waals surface area contributed by atoms with Gasteiger partial charge >= 0.3 is 0 Å². The molecule has 0 aliphatic carbocycles. The van der Waals surface area contributed by atoms with Crippen LogP contribution in [0.3, 0.4) is 0 Å². The molecule has 0 fully saturated rings. The summed E-state index contributed by atoms with van der Waals surface area (Å²) in [6.07, 6.45) is 5.30. The summed E-state index contributed by atoms with van der Waals surface area (Å²) in [7, 11) is 1.95. The third-order valence-corrected chi connectivity index (χ3v) is 3.70. The minimum atomic E-state index is -0.266. The second-order valence-corrected chi connectivity index (χ2v) is 5.17. The van der Waals surface area contributed by atoms with Gasteiger partial charge in [0.2, 0.25) is 0 Å². The SMILES string of the molecule is Cn1ccnc1CSc1ncc(-c2ccc(F)cc2)o1. The predicted molar refractivity (Wildman–Crippen MR) is 74.7 cm³/mol. The second-order valence-electron chi connectivity index (χ2n) is 4.24. The van der Waals surface area contributed by atoms with Crippen molar-refractivity contribution in [2.75, 3.05) is 0 Å². The Morgan fingerprint density at radius 3 is 2.75 bits per heavy atom. The molecule has 102 valence electrons. The molecule has 0 saturated carbocycles. The van der Waals surface area contributed by atoms with Gasteiger partial charge in [0.15, 0.2) is 5.76 Å². The Labute approximate surface area is 119 Å². The highest BCUT2D eigenvalue weighted by atomic mass is 32.2. The highest BCUT2D eigenvalue weighted by Crippen LogP contribution is 2.27. The Morgan fingerprint density at radius 1 is 1.25 bits per heavy atom. The van der Waals surface area contributed by atoms with E-state index in [1.165, 1.54) is 23.9 Å². The molecule has 20 heavy (non-hydrogen) atoms. The maximum atomic E-state index is 12.9. The molecule has 0 unspecified atom stereocenters. The number of aromatic nitrogens is 3. The van der Waals surface area contributed by atoms with Crippen LogP contribution < -0.4 is 0 Å². The fraction of sp³-hybridized carbons (Fsp3) is 0.143. The lowest BCUT2D eigenvalue weighted by molar-refractivity contribution is 0.466. The van der Waals surface area contributed by atoms with Gasteiger partial charge in [0, 0.05) is 25.0 Å². The van der Waals surface area contributed by atoms with Gasteiger partial charge in [-0.1, -0.05) is 11.8 Å². The number of hydrogen-bond donors (Lipinski definition) is 0. The van der Waals surface area contributed by atoms with Crippen molar-refractivity contribution in [1.82, 2.24) is 14.5 Å². The molecule has 0 spiro atoms. The van der Waals surface area contributed by atoms with E-state index in [0.717, 1.165) is 11.4 Å². The zero-order chi connectivity index (χ0) is 13.9. The Balaban J connectivity index is 1.71. The highest BCUT2D eigenvalue weighted by Gasteiger charge is 2.08. The van der Waals surface area contributed by atoms with Gasteiger partial charge in [-0.3, -0.25) is 0 Å². The zero-order valence-corrected chi connectivity index (χ0v) is 11.6. The Bertz CT molecular complexity index is 705. The molecule has 6 heteroatoms. The first kappa shape index (κ1) is 12.9. The molecular weight excluding hydrogens is 277 g/mol. The molecule has 3 rings (SSSR count). The summed E-state index contributed by atoms with van der Waals surface area (Å²) in [5.41, 5.74) is 0.808. The van der Waals surface area contributed by atoms with E-state index < -0.39 is 0 Å². The van der Waals surface area contributed by atoms with Crippen molar-refractivity contribution in [2.45, 2.75) is 11.0 Å². The number of imidazole rings is 1. The van der Waals surface area contributed by atoms with Gasteiger partial charge in [-0.2, -0.15) is 0 Å². The first-order valence-electron chi connectivity index (χ1n) is 6.03. The van der Waals surface area contributed by atoms with Crippen molar-refractivity contribution in [1.29, 1.82) is 0 Å². The quantitative estimate of drug-likeness (QED) is 0.689. The van der Waals surface area contributed by atoms with Crippen LogP contribution in [0, 0.1) is 5.82 Å². The molecule has 0 atom stereocenters. The van der Waals surface area contributed by atoms with Crippen LogP contribution in [0.5, 0.6) is 0 Å². The minimum absolute atomic E-state index is 0.266. The number of aryl methyl sites for hydroxylation is 1. The number of nitrogens with zero attached hydrogens (tertiary/aromatic N) is 3. The zero-order valence-electron chi connectivity index (χ0n) is 10.8. The fourth-order valence-electron chi connectivity index (χ4n) is 1.73. The van der Waals surface area contributed by atoms with Gasteiger partial charge in [0.25, 0.3) is 5.22 Å². The third-order valence-electron chi connectivity index (χ3n) is 2.86. The van der Waals surface area contributed by atoms with E-state index in [4.69, 9.17) is 4.42 Å². The van der Waals surface area contributed by atoms with E-state index in [2.05, 4.69) is 9.97 Å². The average molecular weight is 289 g/mol. The lowest BCUT2D eigenvalue weighted by Crippen LogP contribution is -1.94. The summed E-state index contributed by atoms with van der Waals surface area (Å²) in [6.45, 7) is 0. The summed E-state index contributed by atoms with van der Waals surface area (Å²) in [5.74, 6) is 2.01. The molecule has 0 saturated heterocycles. The molecule has 2 heterocycles. The van der Waals surface area contributed by atoms with E-state index >= 15 is 0 Å². The number of halogens is 1. The van der Waals surface area contributed by atoms with Gasteiger partial charge in [0.05, 0.1) is 11.9 Å². The molecule has 0 aliphatic rings. The van der Waals surface area contributed by atoms with Crippen LogP contribution in [0.4, 0.5) is 4.39 Å². The minimum Gasteiger partial charge on any atom is -0.431 e. The second kappa shape index (κ2) is 5.50. The predicted octanol–water partition coefficient (Wildman–Crippen LogP) is 3.51. The van der Waals surface area contributed by atoms with Crippen LogP contribution in [0.15, 0.2) is 52.5 Å². The van der Waals surface area contributed by atoms with Gasteiger partial charge in [0.1, 0.15) is 11.6 Å². The van der Waals surface area contributed by atoms with Crippen molar-refractivity contribution >= 4 is 11.8 Å². The Kier molecular flexibility index (Phi) is 3.56. The summed E-state index contributed by atoms with van der Waals surface area (Å²) in [5, 5.41) is 0.576. The topological polar surface area (TPSA) is 43.9 Å². The molecule has 4 nitrogen and oxygen atoms in total.